The smallest absolute Gasteiger partial charge is 0.419 e. The fraction of sp³-hybridized carbons (Fsp3) is 0.625. The predicted molar refractivity (Wildman–Crippen MR) is 82.0 cm³/mol. The molecule has 2 atom stereocenters. The molecule has 0 bridgehead atoms. The van der Waals surface area contributed by atoms with Crippen molar-refractivity contribution < 1.29 is 19.1 Å². The number of nitrogens with one attached hydrogen (secondary N) is 1. The van der Waals surface area contributed by atoms with Crippen LogP contribution in [0.25, 0.3) is 0 Å². The molecule has 6 heteroatoms. The summed E-state index contributed by atoms with van der Waals surface area (Å²) >= 11 is 0. The van der Waals surface area contributed by atoms with Crippen molar-refractivity contribution in [3.05, 3.63) is 24.6 Å². The van der Waals surface area contributed by atoms with E-state index in [9.17, 15) is 9.59 Å². The predicted octanol–water partition coefficient (Wildman–Crippen LogP) is 3.30. The molecule has 0 spiro atoms. The summed E-state index contributed by atoms with van der Waals surface area (Å²) in [4.78, 5) is 25.6. The first-order valence-electron chi connectivity index (χ1n) is 7.68. The van der Waals surface area contributed by atoms with E-state index in [2.05, 4.69) is 5.32 Å². The number of cyclic esters (lactones) is 1. The number of carbonyl (C=O) groups excluding carboxylic acids is 2. The van der Waals surface area contributed by atoms with Crippen LogP contribution < -0.4 is 5.32 Å². The molecule has 2 amide bonds. The van der Waals surface area contributed by atoms with Gasteiger partial charge in [-0.1, -0.05) is 12.8 Å². The second-order valence-corrected chi connectivity index (χ2v) is 6.57. The third-order valence-electron chi connectivity index (χ3n) is 3.60. The highest BCUT2D eigenvalue weighted by Crippen LogP contribution is 2.25. The van der Waals surface area contributed by atoms with Crippen LogP contribution in [0, 0.1) is 0 Å². The third-order valence-corrected chi connectivity index (χ3v) is 3.60. The maximum atomic E-state index is 12.0. The van der Waals surface area contributed by atoms with E-state index in [0.29, 0.717) is 0 Å². The summed E-state index contributed by atoms with van der Waals surface area (Å²) < 4.78 is 10.3. The van der Waals surface area contributed by atoms with Crippen molar-refractivity contribution in [2.75, 3.05) is 0 Å². The van der Waals surface area contributed by atoms with Crippen LogP contribution in [0.3, 0.4) is 0 Å². The van der Waals surface area contributed by atoms with Gasteiger partial charge in [0.1, 0.15) is 5.60 Å². The normalized spacial score (nSPS) is 25.4. The molecule has 1 saturated carbocycles. The number of alkyl carbamates (subject to hydrolysis) is 1. The standard InChI is InChI=1S/C16H24N2O4/c1-16(2,3)22-14(19)17-12-8-4-5-9-13(12)18-10-6-7-11-21-15(18)20/h6-7,10-13H,4-5,8-9H2,1-3H3,(H,17,19)/t12-,13-/m1/s1. The average molecular weight is 308 g/mol. The van der Waals surface area contributed by atoms with Gasteiger partial charge in [0.15, 0.2) is 0 Å². The lowest BCUT2D eigenvalue weighted by atomic mass is 9.89. The molecule has 0 aromatic rings. The van der Waals surface area contributed by atoms with Crippen LogP contribution in [0.4, 0.5) is 9.59 Å². The minimum Gasteiger partial charge on any atom is -0.444 e. The van der Waals surface area contributed by atoms with Crippen molar-refractivity contribution in [1.82, 2.24) is 10.2 Å². The van der Waals surface area contributed by atoms with Crippen molar-refractivity contribution >= 4 is 12.2 Å². The molecule has 0 aromatic carbocycles. The van der Waals surface area contributed by atoms with Gasteiger partial charge in [0, 0.05) is 6.20 Å². The quantitative estimate of drug-likeness (QED) is 0.850. The molecule has 0 radical (unpaired) electrons. The molecular weight excluding hydrogens is 284 g/mol. The number of hydrogen-bond donors (Lipinski definition) is 1. The first-order valence-corrected chi connectivity index (χ1v) is 7.68. The molecule has 0 saturated heterocycles. The Kier molecular flexibility index (Phi) is 5.11. The maximum Gasteiger partial charge on any atom is 0.419 e. The van der Waals surface area contributed by atoms with Gasteiger partial charge in [-0.05, 0) is 45.8 Å². The molecule has 0 unspecified atom stereocenters. The Morgan fingerprint density at radius 3 is 2.77 bits per heavy atom. The molecule has 1 heterocycles. The molecule has 2 rings (SSSR count). The van der Waals surface area contributed by atoms with Crippen molar-refractivity contribution in [1.29, 1.82) is 0 Å². The van der Waals surface area contributed by atoms with Gasteiger partial charge >= 0.3 is 12.2 Å². The minimum atomic E-state index is -0.542. The van der Waals surface area contributed by atoms with Crippen LogP contribution in [0.5, 0.6) is 0 Å². The average Bonchev–Trinajstić information content (AvgIpc) is 2.62. The maximum absolute atomic E-state index is 12.0. The Morgan fingerprint density at radius 1 is 1.32 bits per heavy atom. The summed E-state index contributed by atoms with van der Waals surface area (Å²) in [6, 6.07) is -0.260. The molecule has 1 aliphatic heterocycles. The van der Waals surface area contributed by atoms with E-state index < -0.39 is 17.8 Å². The SMILES string of the molecule is CC(C)(C)OC(=O)N[C@@H]1CCCC[C@H]1N1C=CC=COC1=O. The van der Waals surface area contributed by atoms with E-state index in [1.54, 1.807) is 23.3 Å². The van der Waals surface area contributed by atoms with Crippen molar-refractivity contribution in [3.63, 3.8) is 0 Å². The van der Waals surface area contributed by atoms with Gasteiger partial charge in [0.2, 0.25) is 0 Å². The molecule has 6 nitrogen and oxygen atoms in total. The highest BCUT2D eigenvalue weighted by molar-refractivity contribution is 5.71. The zero-order valence-corrected chi connectivity index (χ0v) is 13.4. The summed E-state index contributed by atoms with van der Waals surface area (Å²) in [7, 11) is 0. The zero-order chi connectivity index (χ0) is 16.2. The van der Waals surface area contributed by atoms with Crippen molar-refractivity contribution in [2.45, 2.75) is 64.1 Å². The Morgan fingerprint density at radius 2 is 2.05 bits per heavy atom. The van der Waals surface area contributed by atoms with E-state index in [4.69, 9.17) is 9.47 Å². The van der Waals surface area contributed by atoms with Crippen LogP contribution in [0.15, 0.2) is 24.6 Å². The van der Waals surface area contributed by atoms with E-state index in [1.165, 1.54) is 6.26 Å². The van der Waals surface area contributed by atoms with Crippen molar-refractivity contribution in [2.24, 2.45) is 0 Å². The van der Waals surface area contributed by atoms with Crippen LogP contribution in [0.1, 0.15) is 46.5 Å². The summed E-state index contributed by atoms with van der Waals surface area (Å²) in [6.07, 6.45) is 9.27. The van der Waals surface area contributed by atoms with Gasteiger partial charge < -0.3 is 14.8 Å². The number of nitrogens with zero attached hydrogens (tertiary/aromatic N) is 1. The molecule has 122 valence electrons. The van der Waals surface area contributed by atoms with E-state index >= 15 is 0 Å². The van der Waals surface area contributed by atoms with Gasteiger partial charge in [-0.25, -0.2) is 9.59 Å². The van der Waals surface area contributed by atoms with E-state index in [0.717, 1.165) is 25.7 Å². The van der Waals surface area contributed by atoms with Gasteiger partial charge in [-0.2, -0.15) is 0 Å². The summed E-state index contributed by atoms with van der Waals surface area (Å²) in [5, 5.41) is 2.90. The number of carbonyl (C=O) groups is 2. The number of amides is 2. The topological polar surface area (TPSA) is 67.9 Å². The largest absolute Gasteiger partial charge is 0.444 e. The highest BCUT2D eigenvalue weighted by atomic mass is 16.6. The molecule has 1 N–H and O–H groups in total. The van der Waals surface area contributed by atoms with Crippen LogP contribution >= 0.6 is 0 Å². The second-order valence-electron chi connectivity index (χ2n) is 6.57. The Balaban J connectivity index is 2.05. The molecule has 0 aromatic heterocycles. The lowest BCUT2D eigenvalue weighted by molar-refractivity contribution is 0.0446. The Hall–Kier alpha value is -1.98. The van der Waals surface area contributed by atoms with Crippen LogP contribution in [-0.2, 0) is 9.47 Å². The first kappa shape index (κ1) is 16.4. The second kappa shape index (κ2) is 6.85. The minimum absolute atomic E-state index is 0.120. The number of allylic oxidation sites excluding steroid dienone is 2. The molecule has 2 aliphatic rings. The Bertz CT molecular complexity index is 479. The summed E-state index contributed by atoms with van der Waals surface area (Å²) in [5.74, 6) is 0. The number of hydrogen-bond acceptors (Lipinski definition) is 4. The van der Waals surface area contributed by atoms with Crippen molar-refractivity contribution in [3.8, 4) is 0 Å². The fourth-order valence-corrected chi connectivity index (χ4v) is 2.72. The monoisotopic (exact) mass is 308 g/mol. The first-order chi connectivity index (χ1) is 10.4. The molecule has 22 heavy (non-hydrogen) atoms. The van der Waals surface area contributed by atoms with Crippen LogP contribution in [0.2, 0.25) is 0 Å². The van der Waals surface area contributed by atoms with Gasteiger partial charge in [0.25, 0.3) is 0 Å². The number of rotatable bonds is 2. The molecular formula is C16H24N2O4. The van der Waals surface area contributed by atoms with Crippen LogP contribution in [-0.4, -0.2) is 34.8 Å². The lowest BCUT2D eigenvalue weighted by Gasteiger charge is -2.37. The van der Waals surface area contributed by atoms with Gasteiger partial charge in [-0.15, -0.1) is 0 Å². The van der Waals surface area contributed by atoms with Gasteiger partial charge in [-0.3, -0.25) is 4.90 Å². The lowest BCUT2D eigenvalue weighted by Crippen LogP contribution is -2.53. The molecule has 1 aliphatic carbocycles. The number of ether oxygens (including phenoxy) is 2. The zero-order valence-electron chi connectivity index (χ0n) is 13.4. The third kappa shape index (κ3) is 4.51. The van der Waals surface area contributed by atoms with E-state index in [1.807, 2.05) is 20.8 Å². The van der Waals surface area contributed by atoms with Gasteiger partial charge in [0.05, 0.1) is 18.3 Å². The highest BCUT2D eigenvalue weighted by Gasteiger charge is 2.34. The molecule has 1 fully saturated rings. The van der Waals surface area contributed by atoms with E-state index in [-0.39, 0.29) is 12.1 Å². The summed E-state index contributed by atoms with van der Waals surface area (Å²) in [6.45, 7) is 5.47. The Labute approximate surface area is 131 Å². The summed E-state index contributed by atoms with van der Waals surface area (Å²) in [5.41, 5.74) is -0.542. The fourth-order valence-electron chi connectivity index (χ4n) is 2.72.